The van der Waals surface area contributed by atoms with Crippen LogP contribution >= 0.6 is 0 Å². The number of carbonyl (C=O) groups is 1. The second-order valence-electron chi connectivity index (χ2n) is 3.83. The highest BCUT2D eigenvalue weighted by molar-refractivity contribution is 6.47. The third kappa shape index (κ3) is 2.88. The predicted octanol–water partition coefficient (Wildman–Crippen LogP) is 2.10. The average molecular weight is 231 g/mol. The number of Topliss-reactive ketones (excluding diaryl/α,β-unsaturated/α-hetero) is 1. The summed E-state index contributed by atoms with van der Waals surface area (Å²) in [5.41, 5.74) is 2.75. The fraction of sp³-hybridized carbons (Fsp3) is 0.250. The van der Waals surface area contributed by atoms with E-state index in [4.69, 9.17) is 5.26 Å². The van der Waals surface area contributed by atoms with E-state index in [2.05, 4.69) is 10.5 Å². The molecule has 1 aromatic carbocycles. The molecule has 2 rings (SSSR count). The molecule has 1 saturated carbocycles. The normalized spacial score (nSPS) is 15.2. The first kappa shape index (κ1) is 11.3. The minimum absolute atomic E-state index is 0.0530. The number of carbonyl (C=O) groups excluding carboxylic acids is 1. The number of hydrogen-bond acceptors (Lipinski definition) is 4. The van der Waals surface area contributed by atoms with Crippen LogP contribution in [0.25, 0.3) is 0 Å². The van der Waals surface area contributed by atoms with Gasteiger partial charge in [0.1, 0.15) is 11.9 Å². The molecule has 1 N–H and O–H groups in total. The predicted molar refractivity (Wildman–Crippen MR) is 60.8 cm³/mol. The number of ketones is 1. The van der Waals surface area contributed by atoms with Crippen LogP contribution in [0.1, 0.15) is 12.8 Å². The van der Waals surface area contributed by atoms with E-state index in [9.17, 15) is 9.18 Å². The first-order valence-electron chi connectivity index (χ1n) is 5.24. The maximum absolute atomic E-state index is 12.8. The molecule has 1 fully saturated rings. The molecule has 4 nitrogen and oxygen atoms in total. The number of nitriles is 1. The number of hydrazone groups is 1. The van der Waals surface area contributed by atoms with Crippen molar-refractivity contribution in [2.24, 2.45) is 11.0 Å². The third-order valence-electron chi connectivity index (χ3n) is 2.41. The van der Waals surface area contributed by atoms with E-state index in [0.29, 0.717) is 5.69 Å². The van der Waals surface area contributed by atoms with Crippen molar-refractivity contribution < 1.29 is 9.18 Å². The van der Waals surface area contributed by atoms with E-state index in [0.717, 1.165) is 12.8 Å². The van der Waals surface area contributed by atoms with Crippen LogP contribution in [0.15, 0.2) is 29.4 Å². The molecule has 0 atom stereocenters. The van der Waals surface area contributed by atoms with Gasteiger partial charge in [-0.15, -0.1) is 0 Å². The van der Waals surface area contributed by atoms with E-state index in [1.165, 1.54) is 18.2 Å². The Balaban J connectivity index is 2.08. The van der Waals surface area contributed by atoms with Crippen LogP contribution in [-0.2, 0) is 4.79 Å². The minimum atomic E-state index is -0.405. The summed E-state index contributed by atoms with van der Waals surface area (Å²) in [6.07, 6.45) is 1.64. The van der Waals surface area contributed by atoms with Crippen LogP contribution in [0.3, 0.4) is 0 Å². The zero-order valence-corrected chi connectivity index (χ0v) is 8.98. The summed E-state index contributed by atoms with van der Waals surface area (Å²) in [5.74, 6) is -0.698. The molecule has 0 heterocycles. The van der Waals surface area contributed by atoms with Crippen molar-refractivity contribution in [1.82, 2.24) is 0 Å². The minimum Gasteiger partial charge on any atom is -0.291 e. The van der Waals surface area contributed by atoms with Crippen molar-refractivity contribution in [2.45, 2.75) is 12.8 Å². The van der Waals surface area contributed by atoms with Crippen molar-refractivity contribution in [3.8, 4) is 6.07 Å². The maximum Gasteiger partial charge on any atom is 0.203 e. The molecule has 5 heteroatoms. The number of halogens is 1. The van der Waals surface area contributed by atoms with Crippen LogP contribution in [-0.4, -0.2) is 11.5 Å². The van der Waals surface area contributed by atoms with Gasteiger partial charge in [0.05, 0.1) is 5.69 Å². The highest BCUT2D eigenvalue weighted by Crippen LogP contribution is 2.30. The topological polar surface area (TPSA) is 65.2 Å². The van der Waals surface area contributed by atoms with Gasteiger partial charge in [-0.1, -0.05) is 6.07 Å². The summed E-state index contributed by atoms with van der Waals surface area (Å²) < 4.78 is 12.8. The molecular weight excluding hydrogens is 221 g/mol. The van der Waals surface area contributed by atoms with Crippen LogP contribution in [0.2, 0.25) is 0 Å². The van der Waals surface area contributed by atoms with Crippen molar-refractivity contribution in [2.75, 3.05) is 5.43 Å². The summed E-state index contributed by atoms with van der Waals surface area (Å²) in [4.78, 5) is 11.6. The number of hydrogen-bond donors (Lipinski definition) is 1. The molecule has 0 aliphatic heterocycles. The quantitative estimate of drug-likeness (QED) is 0.637. The molecule has 0 bridgehead atoms. The van der Waals surface area contributed by atoms with Gasteiger partial charge in [0.25, 0.3) is 0 Å². The second-order valence-corrected chi connectivity index (χ2v) is 3.83. The van der Waals surface area contributed by atoms with Gasteiger partial charge in [0.2, 0.25) is 5.71 Å². The van der Waals surface area contributed by atoms with E-state index in [1.54, 1.807) is 12.1 Å². The number of rotatable bonds is 4. The summed E-state index contributed by atoms with van der Waals surface area (Å²) in [7, 11) is 0. The lowest BCUT2D eigenvalue weighted by atomic mass is 10.2. The third-order valence-corrected chi connectivity index (χ3v) is 2.41. The number of anilines is 1. The summed E-state index contributed by atoms with van der Waals surface area (Å²) in [6.45, 7) is 0. The molecule has 1 aliphatic rings. The number of nitrogens with one attached hydrogen (secondary N) is 1. The fourth-order valence-corrected chi connectivity index (χ4v) is 1.35. The maximum atomic E-state index is 12.8. The molecule has 1 aromatic rings. The molecule has 0 aromatic heterocycles. The average Bonchev–Trinajstić information content (AvgIpc) is 3.13. The molecule has 0 radical (unpaired) electrons. The monoisotopic (exact) mass is 231 g/mol. The lowest BCUT2D eigenvalue weighted by molar-refractivity contribution is -0.113. The first-order chi connectivity index (χ1) is 8.20. The lowest BCUT2D eigenvalue weighted by Crippen LogP contribution is -2.15. The van der Waals surface area contributed by atoms with Crippen molar-refractivity contribution in [3.63, 3.8) is 0 Å². The Morgan fingerprint density at radius 2 is 2.29 bits per heavy atom. The molecule has 0 unspecified atom stereocenters. The Kier molecular flexibility index (Phi) is 3.15. The Morgan fingerprint density at radius 1 is 1.53 bits per heavy atom. The van der Waals surface area contributed by atoms with Crippen LogP contribution < -0.4 is 5.43 Å². The highest BCUT2D eigenvalue weighted by Gasteiger charge is 2.32. The molecule has 0 spiro atoms. The van der Waals surface area contributed by atoms with Gasteiger partial charge >= 0.3 is 0 Å². The SMILES string of the molecule is N#C/C(=N\Nc1cccc(F)c1)C(=O)C1CC1. The van der Waals surface area contributed by atoms with Crippen molar-refractivity contribution in [3.05, 3.63) is 30.1 Å². The second kappa shape index (κ2) is 4.74. The number of nitrogens with zero attached hydrogens (tertiary/aromatic N) is 2. The first-order valence-corrected chi connectivity index (χ1v) is 5.24. The van der Waals surface area contributed by atoms with Gasteiger partial charge in [-0.05, 0) is 31.0 Å². The van der Waals surface area contributed by atoms with Gasteiger partial charge in [-0.25, -0.2) is 4.39 Å². The van der Waals surface area contributed by atoms with Gasteiger partial charge < -0.3 is 0 Å². The van der Waals surface area contributed by atoms with E-state index in [1.807, 2.05) is 0 Å². The Morgan fingerprint density at radius 3 is 2.88 bits per heavy atom. The lowest BCUT2D eigenvalue weighted by Gasteiger charge is -2.00. The standard InChI is InChI=1S/C12H10FN3O/c13-9-2-1-3-10(6-9)15-16-11(7-14)12(17)8-4-5-8/h1-3,6,8,15H,4-5H2/b16-11+. The Bertz CT molecular complexity index is 515. The van der Waals surface area contributed by atoms with E-state index >= 15 is 0 Å². The largest absolute Gasteiger partial charge is 0.291 e. The molecular formula is C12H10FN3O. The van der Waals surface area contributed by atoms with Gasteiger partial charge in [0.15, 0.2) is 5.78 Å². The van der Waals surface area contributed by atoms with Crippen molar-refractivity contribution in [1.29, 1.82) is 5.26 Å². The molecule has 17 heavy (non-hydrogen) atoms. The molecule has 0 saturated heterocycles. The Labute approximate surface area is 97.8 Å². The molecule has 86 valence electrons. The summed E-state index contributed by atoms with van der Waals surface area (Å²) in [5, 5.41) is 12.5. The summed E-state index contributed by atoms with van der Waals surface area (Å²) >= 11 is 0. The molecule has 1 aliphatic carbocycles. The number of benzene rings is 1. The van der Waals surface area contributed by atoms with Gasteiger partial charge in [-0.2, -0.15) is 10.4 Å². The molecule has 0 amide bonds. The highest BCUT2D eigenvalue weighted by atomic mass is 19.1. The summed E-state index contributed by atoms with van der Waals surface area (Å²) in [6, 6.07) is 7.41. The van der Waals surface area contributed by atoms with Crippen LogP contribution in [0, 0.1) is 23.1 Å². The van der Waals surface area contributed by atoms with Gasteiger partial charge in [-0.3, -0.25) is 10.2 Å². The van der Waals surface area contributed by atoms with Crippen LogP contribution in [0.4, 0.5) is 10.1 Å². The van der Waals surface area contributed by atoms with E-state index < -0.39 is 5.82 Å². The van der Waals surface area contributed by atoms with Crippen molar-refractivity contribution >= 4 is 17.2 Å². The zero-order chi connectivity index (χ0) is 12.3. The van der Waals surface area contributed by atoms with E-state index in [-0.39, 0.29) is 17.4 Å². The smallest absolute Gasteiger partial charge is 0.203 e. The Hall–Kier alpha value is -2.22. The zero-order valence-electron chi connectivity index (χ0n) is 8.98. The van der Waals surface area contributed by atoms with Gasteiger partial charge in [0, 0.05) is 5.92 Å². The fourth-order valence-electron chi connectivity index (χ4n) is 1.35. The van der Waals surface area contributed by atoms with Crippen LogP contribution in [0.5, 0.6) is 0 Å².